The molecular weight excluding hydrogens is 266 g/mol. The Balaban J connectivity index is 1.97. The third kappa shape index (κ3) is 3.90. The van der Waals surface area contributed by atoms with Crippen molar-refractivity contribution in [1.82, 2.24) is 4.90 Å². The Morgan fingerprint density at radius 1 is 1.35 bits per heavy atom. The van der Waals surface area contributed by atoms with E-state index in [1.165, 1.54) is 6.07 Å². The van der Waals surface area contributed by atoms with E-state index in [0.717, 1.165) is 25.0 Å². The van der Waals surface area contributed by atoms with Crippen LogP contribution in [0, 0.1) is 11.6 Å². The maximum absolute atomic E-state index is 13.5. The van der Waals surface area contributed by atoms with Crippen LogP contribution >= 0.6 is 0 Å². The van der Waals surface area contributed by atoms with Crippen LogP contribution in [0.25, 0.3) is 0 Å². The normalized spacial score (nSPS) is 14.2. The molecule has 4 nitrogen and oxygen atoms in total. The number of hydrogen-bond donors (Lipinski definition) is 2. The zero-order valence-corrected chi connectivity index (χ0v) is 11.1. The summed E-state index contributed by atoms with van der Waals surface area (Å²) in [6.45, 7) is 0.618. The summed E-state index contributed by atoms with van der Waals surface area (Å²) in [5.74, 6) is -1.47. The molecule has 20 heavy (non-hydrogen) atoms. The number of aliphatic hydroxyl groups excluding tert-OH is 1. The number of nitrogens with one attached hydrogen (secondary N) is 1. The van der Waals surface area contributed by atoms with Crippen molar-refractivity contribution in [2.45, 2.75) is 31.7 Å². The number of aliphatic hydroxyl groups is 1. The van der Waals surface area contributed by atoms with E-state index >= 15 is 0 Å². The van der Waals surface area contributed by atoms with Crippen LogP contribution in [0.3, 0.4) is 0 Å². The van der Waals surface area contributed by atoms with Gasteiger partial charge in [0.1, 0.15) is 11.6 Å². The van der Waals surface area contributed by atoms with Crippen LogP contribution in [-0.4, -0.2) is 35.2 Å². The Bertz CT molecular complexity index is 478. The standard InChI is InChI=1S/C14H18F2N2O2/c15-10-3-6-13(12(16)9-10)17-14(20)18(11-4-5-11)7-1-2-8-19/h3,6,9,11,19H,1-2,4-5,7-8H2,(H,17,20). The molecule has 1 aromatic carbocycles. The molecule has 1 aromatic rings. The van der Waals surface area contributed by atoms with Gasteiger partial charge in [-0.3, -0.25) is 0 Å². The molecule has 1 saturated carbocycles. The second-order valence-electron chi connectivity index (χ2n) is 4.91. The first-order chi connectivity index (χ1) is 9.61. The Hall–Kier alpha value is -1.69. The number of amides is 2. The molecule has 2 rings (SSSR count). The van der Waals surface area contributed by atoms with Gasteiger partial charge in [0.15, 0.2) is 0 Å². The Kier molecular flexibility index (Phi) is 4.89. The van der Waals surface area contributed by atoms with Gasteiger partial charge in [-0.25, -0.2) is 13.6 Å². The lowest BCUT2D eigenvalue weighted by atomic mass is 10.3. The van der Waals surface area contributed by atoms with Crippen LogP contribution < -0.4 is 5.32 Å². The number of carbonyl (C=O) groups excluding carboxylic acids is 1. The molecule has 2 amide bonds. The van der Waals surface area contributed by atoms with Crippen molar-refractivity contribution < 1.29 is 18.7 Å². The molecule has 0 aliphatic heterocycles. The number of unbranched alkanes of at least 4 members (excludes halogenated alkanes) is 1. The summed E-state index contributed by atoms with van der Waals surface area (Å²) in [6, 6.07) is 2.86. The zero-order chi connectivity index (χ0) is 14.5. The highest BCUT2D eigenvalue weighted by molar-refractivity contribution is 5.89. The third-order valence-corrected chi connectivity index (χ3v) is 3.23. The molecule has 1 fully saturated rings. The van der Waals surface area contributed by atoms with Crippen molar-refractivity contribution >= 4 is 11.7 Å². The maximum atomic E-state index is 13.5. The molecule has 0 radical (unpaired) electrons. The highest BCUT2D eigenvalue weighted by Crippen LogP contribution is 2.28. The lowest BCUT2D eigenvalue weighted by Crippen LogP contribution is -2.37. The fourth-order valence-electron chi connectivity index (χ4n) is 2.01. The van der Waals surface area contributed by atoms with Crippen molar-refractivity contribution in [3.05, 3.63) is 29.8 Å². The van der Waals surface area contributed by atoms with Gasteiger partial charge in [0.25, 0.3) is 0 Å². The van der Waals surface area contributed by atoms with Crippen molar-refractivity contribution in [3.63, 3.8) is 0 Å². The quantitative estimate of drug-likeness (QED) is 0.789. The zero-order valence-electron chi connectivity index (χ0n) is 11.1. The summed E-state index contributed by atoms with van der Waals surface area (Å²) in [5, 5.41) is 11.2. The van der Waals surface area contributed by atoms with Gasteiger partial charge in [0.2, 0.25) is 0 Å². The molecule has 0 unspecified atom stereocenters. The molecule has 0 saturated heterocycles. The average Bonchev–Trinajstić information content (AvgIpc) is 3.22. The molecule has 1 aliphatic rings. The Morgan fingerprint density at radius 3 is 2.70 bits per heavy atom. The van der Waals surface area contributed by atoms with E-state index in [1.54, 1.807) is 4.90 Å². The lowest BCUT2D eigenvalue weighted by molar-refractivity contribution is 0.204. The van der Waals surface area contributed by atoms with Crippen LogP contribution in [0.15, 0.2) is 18.2 Å². The Labute approximate surface area is 116 Å². The number of urea groups is 1. The van der Waals surface area contributed by atoms with E-state index in [2.05, 4.69) is 5.32 Å². The smallest absolute Gasteiger partial charge is 0.322 e. The molecule has 0 spiro atoms. The number of nitrogens with zero attached hydrogens (tertiary/aromatic N) is 1. The summed E-state index contributed by atoms with van der Waals surface area (Å²) in [6.07, 6.45) is 3.21. The van der Waals surface area contributed by atoms with Crippen LogP contribution in [-0.2, 0) is 0 Å². The highest BCUT2D eigenvalue weighted by Gasteiger charge is 2.32. The van der Waals surface area contributed by atoms with Gasteiger partial charge < -0.3 is 15.3 Å². The minimum Gasteiger partial charge on any atom is -0.396 e. The molecule has 6 heteroatoms. The van der Waals surface area contributed by atoms with Gasteiger partial charge in [-0.15, -0.1) is 0 Å². The second-order valence-corrected chi connectivity index (χ2v) is 4.91. The number of carbonyl (C=O) groups is 1. The van der Waals surface area contributed by atoms with Gasteiger partial charge in [0.05, 0.1) is 5.69 Å². The maximum Gasteiger partial charge on any atom is 0.322 e. The van der Waals surface area contributed by atoms with E-state index in [-0.39, 0.29) is 24.4 Å². The first-order valence-electron chi connectivity index (χ1n) is 6.75. The average molecular weight is 284 g/mol. The molecule has 0 heterocycles. The van der Waals surface area contributed by atoms with E-state index < -0.39 is 11.6 Å². The van der Waals surface area contributed by atoms with Crippen LogP contribution in [0.4, 0.5) is 19.3 Å². The van der Waals surface area contributed by atoms with Gasteiger partial charge in [-0.2, -0.15) is 0 Å². The number of anilines is 1. The molecule has 0 atom stereocenters. The van der Waals surface area contributed by atoms with Crippen LogP contribution in [0.1, 0.15) is 25.7 Å². The van der Waals surface area contributed by atoms with E-state index in [4.69, 9.17) is 5.11 Å². The SMILES string of the molecule is O=C(Nc1ccc(F)cc1F)N(CCCCO)C1CC1. The summed E-state index contributed by atoms with van der Waals surface area (Å²) in [4.78, 5) is 13.8. The van der Waals surface area contributed by atoms with Crippen molar-refractivity contribution in [3.8, 4) is 0 Å². The van der Waals surface area contributed by atoms with Gasteiger partial charge in [-0.1, -0.05) is 0 Å². The van der Waals surface area contributed by atoms with Gasteiger partial charge >= 0.3 is 6.03 Å². The Morgan fingerprint density at radius 2 is 2.10 bits per heavy atom. The summed E-state index contributed by atoms with van der Waals surface area (Å²) < 4.78 is 26.3. The predicted octanol–water partition coefficient (Wildman–Crippen LogP) is 2.73. The largest absolute Gasteiger partial charge is 0.396 e. The first-order valence-corrected chi connectivity index (χ1v) is 6.75. The summed E-state index contributed by atoms with van der Waals surface area (Å²) in [7, 11) is 0. The molecule has 0 aromatic heterocycles. The van der Waals surface area contributed by atoms with Crippen molar-refractivity contribution in [2.75, 3.05) is 18.5 Å². The molecule has 2 N–H and O–H groups in total. The minimum absolute atomic E-state index is 0.0239. The summed E-state index contributed by atoms with van der Waals surface area (Å²) >= 11 is 0. The number of rotatable bonds is 6. The lowest BCUT2D eigenvalue weighted by Gasteiger charge is -2.22. The molecule has 110 valence electrons. The number of benzene rings is 1. The fraction of sp³-hybridized carbons (Fsp3) is 0.500. The monoisotopic (exact) mass is 284 g/mol. The predicted molar refractivity (Wildman–Crippen MR) is 71.4 cm³/mol. The van der Waals surface area contributed by atoms with E-state index in [0.29, 0.717) is 19.4 Å². The molecule has 1 aliphatic carbocycles. The number of halogens is 2. The highest BCUT2D eigenvalue weighted by atomic mass is 19.1. The third-order valence-electron chi connectivity index (χ3n) is 3.23. The first kappa shape index (κ1) is 14.7. The summed E-state index contributed by atoms with van der Waals surface area (Å²) in [5.41, 5.74) is -0.0239. The molecule has 0 bridgehead atoms. The minimum atomic E-state index is -0.788. The number of hydrogen-bond acceptors (Lipinski definition) is 2. The van der Waals surface area contributed by atoms with Crippen molar-refractivity contribution in [1.29, 1.82) is 0 Å². The van der Waals surface area contributed by atoms with E-state index in [1.807, 2.05) is 0 Å². The fourth-order valence-corrected chi connectivity index (χ4v) is 2.01. The second kappa shape index (κ2) is 6.65. The van der Waals surface area contributed by atoms with E-state index in [9.17, 15) is 13.6 Å². The van der Waals surface area contributed by atoms with Crippen LogP contribution in [0.2, 0.25) is 0 Å². The van der Waals surface area contributed by atoms with Gasteiger partial charge in [0, 0.05) is 25.3 Å². The van der Waals surface area contributed by atoms with Crippen LogP contribution in [0.5, 0.6) is 0 Å². The van der Waals surface area contributed by atoms with Gasteiger partial charge in [-0.05, 0) is 37.8 Å². The molecular formula is C14H18F2N2O2. The van der Waals surface area contributed by atoms with Crippen molar-refractivity contribution in [2.24, 2.45) is 0 Å². The topological polar surface area (TPSA) is 52.6 Å².